The number of hydrogen-bond donors (Lipinski definition) is 1. The Morgan fingerprint density at radius 2 is 1.76 bits per heavy atom. The lowest BCUT2D eigenvalue weighted by molar-refractivity contribution is -0.118. The Morgan fingerprint density at radius 1 is 1.09 bits per heavy atom. The van der Waals surface area contributed by atoms with Crippen molar-refractivity contribution in [2.45, 2.75) is 38.5 Å². The Labute approximate surface area is 203 Å². The lowest BCUT2D eigenvalue weighted by atomic mass is 10.1. The Hall–Kier alpha value is -3.20. The van der Waals surface area contributed by atoms with Crippen LogP contribution in [0.15, 0.2) is 46.3 Å². The van der Waals surface area contributed by atoms with E-state index in [1.165, 1.54) is 11.8 Å². The predicted molar refractivity (Wildman–Crippen MR) is 134 cm³/mol. The molecule has 0 radical (unpaired) electrons. The minimum atomic E-state index is -0.170. The minimum Gasteiger partial charge on any atom is -0.493 e. The summed E-state index contributed by atoms with van der Waals surface area (Å²) in [4.78, 5) is 30.3. The first kappa shape index (κ1) is 25.4. The van der Waals surface area contributed by atoms with Gasteiger partial charge in [0.1, 0.15) is 0 Å². The lowest BCUT2D eigenvalue weighted by Gasteiger charge is -2.15. The van der Waals surface area contributed by atoms with Crippen molar-refractivity contribution in [2.75, 3.05) is 27.1 Å². The zero-order chi connectivity index (χ0) is 24.7. The number of methoxy groups -OCH3 is 3. The van der Waals surface area contributed by atoms with Crippen LogP contribution in [0.2, 0.25) is 0 Å². The highest BCUT2D eigenvalue weighted by atomic mass is 32.2. The monoisotopic (exact) mass is 485 g/mol. The molecule has 8 nitrogen and oxygen atoms in total. The third-order valence-electron chi connectivity index (χ3n) is 5.30. The molecule has 0 bridgehead atoms. The molecule has 182 valence electrons. The van der Waals surface area contributed by atoms with E-state index in [1.807, 2.05) is 18.2 Å². The molecule has 0 saturated carbocycles. The Kier molecular flexibility index (Phi) is 8.81. The molecule has 0 unspecified atom stereocenters. The van der Waals surface area contributed by atoms with Gasteiger partial charge in [0.2, 0.25) is 11.7 Å². The van der Waals surface area contributed by atoms with Crippen LogP contribution in [-0.4, -0.2) is 42.5 Å². The van der Waals surface area contributed by atoms with Gasteiger partial charge in [-0.1, -0.05) is 37.7 Å². The van der Waals surface area contributed by atoms with Crippen LogP contribution in [-0.2, 0) is 17.9 Å². The zero-order valence-corrected chi connectivity index (χ0v) is 21.0. The van der Waals surface area contributed by atoms with Crippen LogP contribution >= 0.6 is 11.8 Å². The molecule has 0 saturated heterocycles. The second kappa shape index (κ2) is 11.8. The molecule has 0 spiro atoms. The van der Waals surface area contributed by atoms with Crippen molar-refractivity contribution in [3.63, 3.8) is 0 Å². The standard InChI is InChI=1S/C25H31N3O5S/c1-16(2)10-11-28-24(30)18-8-6-7-9-19(18)27-25(28)34-15-22(29)26-14-17-12-20(31-3)23(33-5)21(13-17)32-4/h6-9,12-13,16H,10-11,14-15H2,1-5H3,(H,26,29). The molecule has 2 aromatic carbocycles. The van der Waals surface area contributed by atoms with Gasteiger partial charge in [0.25, 0.3) is 5.56 Å². The molecule has 0 fully saturated rings. The van der Waals surface area contributed by atoms with Crippen molar-refractivity contribution in [3.8, 4) is 17.2 Å². The number of thioether (sulfide) groups is 1. The number of carbonyl (C=O) groups excluding carboxylic acids is 1. The van der Waals surface area contributed by atoms with E-state index >= 15 is 0 Å². The molecule has 1 amide bonds. The lowest BCUT2D eigenvalue weighted by Crippen LogP contribution is -2.27. The molecular formula is C25H31N3O5S. The number of aromatic nitrogens is 2. The Balaban J connectivity index is 1.73. The number of rotatable bonds is 11. The maximum absolute atomic E-state index is 13.1. The second-order valence-corrected chi connectivity index (χ2v) is 9.09. The SMILES string of the molecule is COc1cc(CNC(=O)CSc2nc3ccccc3c(=O)n2CCC(C)C)cc(OC)c1OC. The van der Waals surface area contributed by atoms with Gasteiger partial charge in [-0.25, -0.2) is 4.98 Å². The zero-order valence-electron chi connectivity index (χ0n) is 20.2. The molecular weight excluding hydrogens is 454 g/mol. The average molecular weight is 486 g/mol. The van der Waals surface area contributed by atoms with Crippen molar-refractivity contribution in [1.82, 2.24) is 14.9 Å². The molecule has 1 aromatic heterocycles. The number of benzene rings is 2. The van der Waals surface area contributed by atoms with Crippen LogP contribution < -0.4 is 25.1 Å². The van der Waals surface area contributed by atoms with Gasteiger partial charge < -0.3 is 19.5 Å². The third kappa shape index (κ3) is 6.02. The fraction of sp³-hybridized carbons (Fsp3) is 0.400. The van der Waals surface area contributed by atoms with E-state index in [0.29, 0.717) is 52.3 Å². The molecule has 0 aliphatic carbocycles. The first-order valence-electron chi connectivity index (χ1n) is 11.1. The van der Waals surface area contributed by atoms with Gasteiger partial charge in [-0.2, -0.15) is 0 Å². The molecule has 3 rings (SSSR count). The predicted octanol–water partition coefficient (Wildman–Crippen LogP) is 3.88. The van der Waals surface area contributed by atoms with E-state index in [0.717, 1.165) is 12.0 Å². The largest absolute Gasteiger partial charge is 0.493 e. The molecule has 3 aromatic rings. The fourth-order valence-electron chi connectivity index (χ4n) is 3.46. The minimum absolute atomic E-state index is 0.0772. The number of carbonyl (C=O) groups is 1. The van der Waals surface area contributed by atoms with Gasteiger partial charge in [-0.15, -0.1) is 0 Å². The van der Waals surface area contributed by atoms with Crippen LogP contribution in [0.4, 0.5) is 0 Å². The van der Waals surface area contributed by atoms with Crippen LogP contribution in [0.1, 0.15) is 25.8 Å². The summed E-state index contributed by atoms with van der Waals surface area (Å²) in [6.07, 6.45) is 0.848. The smallest absolute Gasteiger partial charge is 0.262 e. The molecule has 9 heteroatoms. The summed E-state index contributed by atoms with van der Waals surface area (Å²) < 4.78 is 17.8. The van der Waals surface area contributed by atoms with Crippen molar-refractivity contribution < 1.29 is 19.0 Å². The summed E-state index contributed by atoms with van der Waals surface area (Å²) in [5.74, 6) is 1.95. The van der Waals surface area contributed by atoms with Gasteiger partial charge in [0.15, 0.2) is 16.7 Å². The summed E-state index contributed by atoms with van der Waals surface area (Å²) in [7, 11) is 4.64. The van der Waals surface area contributed by atoms with Gasteiger partial charge >= 0.3 is 0 Å². The number of amides is 1. The summed E-state index contributed by atoms with van der Waals surface area (Å²) in [6.45, 7) is 5.08. The van der Waals surface area contributed by atoms with Crippen molar-refractivity contribution >= 4 is 28.6 Å². The highest BCUT2D eigenvalue weighted by Crippen LogP contribution is 2.38. The number of ether oxygens (including phenoxy) is 3. The van der Waals surface area contributed by atoms with Crippen molar-refractivity contribution in [3.05, 3.63) is 52.3 Å². The number of para-hydroxylation sites is 1. The molecule has 1 N–H and O–H groups in total. The van der Waals surface area contributed by atoms with E-state index in [2.05, 4.69) is 24.1 Å². The van der Waals surface area contributed by atoms with Crippen LogP contribution in [0.25, 0.3) is 10.9 Å². The topological polar surface area (TPSA) is 91.7 Å². The Morgan fingerprint density at radius 3 is 2.38 bits per heavy atom. The number of fused-ring (bicyclic) bond motifs is 1. The first-order valence-corrected chi connectivity index (χ1v) is 12.0. The summed E-state index contributed by atoms with van der Waals surface area (Å²) in [5.41, 5.74) is 1.37. The molecule has 0 atom stereocenters. The first-order chi connectivity index (χ1) is 16.4. The number of nitrogens with zero attached hydrogens (tertiary/aromatic N) is 2. The van der Waals surface area contributed by atoms with Crippen molar-refractivity contribution in [1.29, 1.82) is 0 Å². The number of hydrogen-bond acceptors (Lipinski definition) is 7. The second-order valence-electron chi connectivity index (χ2n) is 8.15. The average Bonchev–Trinajstić information content (AvgIpc) is 2.84. The van der Waals surface area contributed by atoms with Gasteiger partial charge in [-0.05, 0) is 42.2 Å². The molecule has 0 aliphatic heterocycles. The van der Waals surface area contributed by atoms with Gasteiger partial charge in [0.05, 0.1) is 38.0 Å². The third-order valence-corrected chi connectivity index (χ3v) is 6.28. The summed E-state index contributed by atoms with van der Waals surface area (Å²) in [5, 5.41) is 4.04. The van der Waals surface area contributed by atoms with Crippen LogP contribution in [0.5, 0.6) is 17.2 Å². The quantitative estimate of drug-likeness (QED) is 0.326. The van der Waals surface area contributed by atoms with E-state index in [-0.39, 0.29) is 17.2 Å². The highest BCUT2D eigenvalue weighted by Gasteiger charge is 2.16. The van der Waals surface area contributed by atoms with Gasteiger partial charge in [-0.3, -0.25) is 14.2 Å². The summed E-state index contributed by atoms with van der Waals surface area (Å²) >= 11 is 1.26. The van der Waals surface area contributed by atoms with E-state index < -0.39 is 0 Å². The summed E-state index contributed by atoms with van der Waals surface area (Å²) in [6, 6.07) is 10.9. The maximum Gasteiger partial charge on any atom is 0.262 e. The van der Waals surface area contributed by atoms with Crippen LogP contribution in [0.3, 0.4) is 0 Å². The van der Waals surface area contributed by atoms with Crippen LogP contribution in [0, 0.1) is 5.92 Å². The maximum atomic E-state index is 13.1. The highest BCUT2D eigenvalue weighted by molar-refractivity contribution is 7.99. The van der Waals surface area contributed by atoms with Gasteiger partial charge in [0, 0.05) is 13.1 Å². The molecule has 1 heterocycles. The number of nitrogens with one attached hydrogen (secondary N) is 1. The van der Waals surface area contributed by atoms with E-state index in [4.69, 9.17) is 14.2 Å². The normalized spacial score (nSPS) is 11.0. The van der Waals surface area contributed by atoms with E-state index in [9.17, 15) is 9.59 Å². The van der Waals surface area contributed by atoms with E-state index in [1.54, 1.807) is 44.1 Å². The molecule has 34 heavy (non-hydrogen) atoms. The Bertz CT molecular complexity index is 1180. The van der Waals surface area contributed by atoms with Crippen molar-refractivity contribution in [2.24, 2.45) is 5.92 Å². The molecule has 0 aliphatic rings. The fourth-order valence-corrected chi connectivity index (χ4v) is 4.32.